The number of nitrogens with zero attached hydrogens (tertiary/aromatic N) is 1. The molecule has 0 amide bonds. The summed E-state index contributed by atoms with van der Waals surface area (Å²) in [6.45, 7) is 11.8. The van der Waals surface area contributed by atoms with Crippen LogP contribution in [0.15, 0.2) is 11.6 Å². The van der Waals surface area contributed by atoms with Gasteiger partial charge in [0.1, 0.15) is 0 Å². The van der Waals surface area contributed by atoms with Crippen molar-refractivity contribution in [3.8, 4) is 0 Å². The van der Waals surface area contributed by atoms with Gasteiger partial charge >= 0.3 is 0 Å². The van der Waals surface area contributed by atoms with Crippen molar-refractivity contribution < 1.29 is 5.11 Å². The van der Waals surface area contributed by atoms with E-state index in [0.717, 1.165) is 60.4 Å². The molecule has 0 aromatic carbocycles. The summed E-state index contributed by atoms with van der Waals surface area (Å²) in [6.07, 6.45) is 14.3. The monoisotopic (exact) mass is 397 g/mol. The highest BCUT2D eigenvalue weighted by Gasteiger charge is 2.66. The van der Waals surface area contributed by atoms with Gasteiger partial charge in [-0.05, 0) is 104 Å². The summed E-state index contributed by atoms with van der Waals surface area (Å²) >= 11 is 0. The Morgan fingerprint density at radius 3 is 2.66 bits per heavy atom. The molecule has 0 aromatic heterocycles. The zero-order valence-corrected chi connectivity index (χ0v) is 19.2. The molecule has 2 nitrogen and oxygen atoms in total. The zero-order valence-electron chi connectivity index (χ0n) is 19.2. The summed E-state index contributed by atoms with van der Waals surface area (Å²) in [7, 11) is 0. The molecule has 1 N–H and O–H groups in total. The van der Waals surface area contributed by atoms with Gasteiger partial charge in [-0.15, -0.1) is 0 Å². The van der Waals surface area contributed by atoms with E-state index < -0.39 is 0 Å². The maximum absolute atomic E-state index is 10.3. The Hall–Kier alpha value is -0.340. The van der Waals surface area contributed by atoms with E-state index in [0.29, 0.717) is 10.8 Å². The Kier molecular flexibility index (Phi) is 4.23. The molecule has 3 saturated carbocycles. The minimum absolute atomic E-state index is 0.0792. The second kappa shape index (κ2) is 6.35. The van der Waals surface area contributed by atoms with E-state index in [-0.39, 0.29) is 6.10 Å². The van der Waals surface area contributed by atoms with Crippen LogP contribution in [0, 0.1) is 46.3 Å². The van der Waals surface area contributed by atoms with Gasteiger partial charge in [0, 0.05) is 18.6 Å². The molecule has 0 bridgehead atoms. The number of aliphatic hydroxyl groups is 1. The maximum atomic E-state index is 10.3. The van der Waals surface area contributed by atoms with Crippen LogP contribution >= 0.6 is 0 Å². The van der Waals surface area contributed by atoms with Gasteiger partial charge in [-0.25, -0.2) is 0 Å². The fraction of sp³-hybridized carbons (Fsp3) is 0.926. The lowest BCUT2D eigenvalue weighted by Crippen LogP contribution is -2.51. The molecule has 4 aliphatic carbocycles. The predicted molar refractivity (Wildman–Crippen MR) is 118 cm³/mol. The van der Waals surface area contributed by atoms with Gasteiger partial charge in [0.25, 0.3) is 0 Å². The topological polar surface area (TPSA) is 23.5 Å². The zero-order chi connectivity index (χ0) is 20.1. The number of aliphatic hydroxyl groups excluding tert-OH is 1. The molecule has 11 atom stereocenters. The van der Waals surface area contributed by atoms with Gasteiger partial charge in [0.05, 0.1) is 6.10 Å². The molecule has 0 radical (unpaired) electrons. The number of piperidine rings is 1. The maximum Gasteiger partial charge on any atom is 0.0577 e. The molecule has 6 aliphatic rings. The van der Waals surface area contributed by atoms with Crippen LogP contribution in [-0.2, 0) is 0 Å². The average molecular weight is 398 g/mol. The van der Waals surface area contributed by atoms with E-state index in [4.69, 9.17) is 0 Å². The van der Waals surface area contributed by atoms with Crippen LogP contribution in [0.25, 0.3) is 0 Å². The van der Waals surface area contributed by atoms with E-state index in [9.17, 15) is 5.11 Å². The van der Waals surface area contributed by atoms with Gasteiger partial charge in [0.15, 0.2) is 0 Å². The van der Waals surface area contributed by atoms with E-state index in [1.54, 1.807) is 5.57 Å². The molecule has 5 fully saturated rings. The van der Waals surface area contributed by atoms with Crippen molar-refractivity contribution in [1.29, 1.82) is 0 Å². The third-order valence-corrected chi connectivity index (χ3v) is 11.7. The molecular weight excluding hydrogens is 354 g/mol. The summed E-state index contributed by atoms with van der Waals surface area (Å²) < 4.78 is 0. The lowest BCUT2D eigenvalue weighted by molar-refractivity contribution is -0.0574. The summed E-state index contributed by atoms with van der Waals surface area (Å²) in [5, 5.41) is 10.3. The standard InChI is InChI=1S/C27H43NO/c1-16-5-8-23-17(2)25-24(28(23)15-16)14-22-20-7-6-18-13-19(29)9-11-26(18,3)21(20)10-12-27(22,25)4/h6,16-17,19-25,29H,5,7-15H2,1-4H3/t16-,17-,19-,20+,21-,22-,23+,24-,25+,26-,27-/m0/s1. The van der Waals surface area contributed by atoms with Crippen molar-refractivity contribution in [3.05, 3.63) is 11.6 Å². The van der Waals surface area contributed by atoms with Gasteiger partial charge in [-0.1, -0.05) is 39.3 Å². The number of rotatable bonds is 0. The molecule has 2 aliphatic heterocycles. The van der Waals surface area contributed by atoms with Crippen LogP contribution < -0.4 is 0 Å². The van der Waals surface area contributed by atoms with Crippen LogP contribution in [0.1, 0.15) is 85.5 Å². The van der Waals surface area contributed by atoms with Crippen LogP contribution in [-0.4, -0.2) is 34.7 Å². The van der Waals surface area contributed by atoms with Crippen molar-refractivity contribution in [2.24, 2.45) is 46.3 Å². The SMILES string of the molecule is C[C@H]1CC[C@@H]2[C@H](C)[C@@H]3[C@H](C[C@H]4[C@@H]5CC=C6C[C@@H](O)CC[C@]6(C)[C@H]5CC[C@]34C)N2C1. The fourth-order valence-electron chi connectivity index (χ4n) is 10.4. The Bertz CT molecular complexity index is 715. The minimum atomic E-state index is -0.0792. The molecule has 6 rings (SSSR count). The lowest BCUT2D eigenvalue weighted by atomic mass is 9.47. The summed E-state index contributed by atoms with van der Waals surface area (Å²) in [5.41, 5.74) is 2.58. The summed E-state index contributed by atoms with van der Waals surface area (Å²) in [4.78, 5) is 3.02. The van der Waals surface area contributed by atoms with Gasteiger partial charge in [-0.2, -0.15) is 0 Å². The molecule has 0 spiro atoms. The van der Waals surface area contributed by atoms with Crippen LogP contribution in [0.5, 0.6) is 0 Å². The average Bonchev–Trinajstić information content (AvgIpc) is 3.15. The minimum Gasteiger partial charge on any atom is -0.393 e. The smallest absolute Gasteiger partial charge is 0.0577 e. The van der Waals surface area contributed by atoms with E-state index in [1.165, 1.54) is 51.5 Å². The summed E-state index contributed by atoms with van der Waals surface area (Å²) in [5.74, 6) is 5.44. The number of hydrogen-bond donors (Lipinski definition) is 1. The number of fused-ring (bicyclic) bond motifs is 9. The Morgan fingerprint density at radius 1 is 1.00 bits per heavy atom. The second-order valence-corrected chi connectivity index (χ2v) is 12.8. The van der Waals surface area contributed by atoms with E-state index in [1.807, 2.05) is 0 Å². The normalized spacial score (nSPS) is 59.2. The molecule has 2 heteroatoms. The highest BCUT2D eigenvalue weighted by atomic mass is 16.3. The fourth-order valence-corrected chi connectivity index (χ4v) is 10.4. The van der Waals surface area contributed by atoms with Crippen molar-refractivity contribution in [1.82, 2.24) is 4.90 Å². The highest BCUT2D eigenvalue weighted by molar-refractivity contribution is 5.26. The van der Waals surface area contributed by atoms with Crippen LogP contribution in [0.2, 0.25) is 0 Å². The molecule has 2 heterocycles. The molecule has 162 valence electrons. The Labute approximate surface area is 178 Å². The van der Waals surface area contributed by atoms with Gasteiger partial charge in [-0.3, -0.25) is 4.90 Å². The second-order valence-electron chi connectivity index (χ2n) is 12.8. The molecule has 2 saturated heterocycles. The Morgan fingerprint density at radius 2 is 1.83 bits per heavy atom. The molecular formula is C27H43NO. The lowest BCUT2D eigenvalue weighted by Gasteiger charge is -2.58. The predicted octanol–water partition coefficient (Wildman–Crippen LogP) is 5.66. The molecule has 0 unspecified atom stereocenters. The first-order chi connectivity index (χ1) is 13.8. The van der Waals surface area contributed by atoms with Crippen molar-refractivity contribution in [3.63, 3.8) is 0 Å². The quantitative estimate of drug-likeness (QED) is 0.534. The van der Waals surface area contributed by atoms with Gasteiger partial charge < -0.3 is 5.11 Å². The molecule has 0 aromatic rings. The third-order valence-electron chi connectivity index (χ3n) is 11.7. The van der Waals surface area contributed by atoms with Gasteiger partial charge in [0.2, 0.25) is 0 Å². The largest absolute Gasteiger partial charge is 0.393 e. The van der Waals surface area contributed by atoms with Crippen molar-refractivity contribution >= 4 is 0 Å². The van der Waals surface area contributed by atoms with E-state index >= 15 is 0 Å². The van der Waals surface area contributed by atoms with Crippen LogP contribution in [0.3, 0.4) is 0 Å². The Balaban J connectivity index is 1.33. The third kappa shape index (κ3) is 2.48. The number of allylic oxidation sites excluding steroid dienone is 1. The van der Waals surface area contributed by atoms with Crippen molar-refractivity contribution in [2.45, 2.75) is 104 Å². The highest BCUT2D eigenvalue weighted by Crippen LogP contribution is 2.69. The van der Waals surface area contributed by atoms with E-state index in [2.05, 4.69) is 38.7 Å². The van der Waals surface area contributed by atoms with Crippen LogP contribution in [0.4, 0.5) is 0 Å². The number of hydrogen-bond acceptors (Lipinski definition) is 2. The first-order valence-electron chi connectivity index (χ1n) is 13.0. The van der Waals surface area contributed by atoms with Crippen molar-refractivity contribution in [2.75, 3.05) is 6.54 Å². The first-order valence-corrected chi connectivity index (χ1v) is 13.0. The summed E-state index contributed by atoms with van der Waals surface area (Å²) in [6, 6.07) is 1.75. The molecule has 29 heavy (non-hydrogen) atoms. The first kappa shape index (κ1) is 19.4.